The van der Waals surface area contributed by atoms with Crippen LogP contribution in [0.1, 0.15) is 25.8 Å². The second-order valence-corrected chi connectivity index (χ2v) is 5.42. The van der Waals surface area contributed by atoms with Gasteiger partial charge in [0.05, 0.1) is 5.56 Å². The van der Waals surface area contributed by atoms with Crippen LogP contribution in [0, 0.1) is 11.3 Å². The molecule has 0 radical (unpaired) electrons. The highest BCUT2D eigenvalue weighted by molar-refractivity contribution is 5.42. The Bertz CT molecular complexity index is 479. The summed E-state index contributed by atoms with van der Waals surface area (Å²) >= 11 is 0. The van der Waals surface area contributed by atoms with Gasteiger partial charge in [-0.05, 0) is 38.2 Å². The molecule has 0 N–H and O–H groups in total. The molecule has 1 heterocycles. The molecule has 21 heavy (non-hydrogen) atoms. The Morgan fingerprint density at radius 2 is 2.10 bits per heavy atom. The predicted molar refractivity (Wildman–Crippen MR) is 84.4 cm³/mol. The summed E-state index contributed by atoms with van der Waals surface area (Å²) in [5, 5.41) is 9.03. The van der Waals surface area contributed by atoms with Crippen molar-refractivity contribution < 1.29 is 4.74 Å². The molecule has 1 atom stereocenters. The summed E-state index contributed by atoms with van der Waals surface area (Å²) in [6, 6.07) is 10.3. The van der Waals surface area contributed by atoms with Crippen molar-refractivity contribution in [2.24, 2.45) is 0 Å². The lowest BCUT2D eigenvalue weighted by atomic mass is 10.2. The molecular formula is C17H25N3O. The molecule has 1 unspecified atom stereocenters. The number of hydrogen-bond donors (Lipinski definition) is 0. The average molecular weight is 287 g/mol. The summed E-state index contributed by atoms with van der Waals surface area (Å²) < 4.78 is 5.76. The molecule has 0 saturated carbocycles. The van der Waals surface area contributed by atoms with Gasteiger partial charge in [-0.1, -0.05) is 26.0 Å². The minimum absolute atomic E-state index is 0.611. The Morgan fingerprint density at radius 3 is 2.81 bits per heavy atom. The maximum atomic E-state index is 9.03. The monoisotopic (exact) mass is 287 g/mol. The quantitative estimate of drug-likeness (QED) is 0.772. The van der Waals surface area contributed by atoms with Gasteiger partial charge in [0, 0.05) is 19.1 Å². The zero-order valence-corrected chi connectivity index (χ0v) is 13.1. The fourth-order valence-electron chi connectivity index (χ4n) is 3.02. The lowest BCUT2D eigenvalue weighted by molar-refractivity contribution is 0.195. The Hall–Kier alpha value is -1.57. The second-order valence-electron chi connectivity index (χ2n) is 5.42. The number of para-hydroxylation sites is 1. The van der Waals surface area contributed by atoms with Gasteiger partial charge in [-0.2, -0.15) is 5.26 Å². The fourth-order valence-corrected chi connectivity index (χ4v) is 3.02. The van der Waals surface area contributed by atoms with E-state index in [-0.39, 0.29) is 0 Å². The van der Waals surface area contributed by atoms with Crippen molar-refractivity contribution in [2.45, 2.75) is 26.3 Å². The minimum Gasteiger partial charge on any atom is -0.491 e. The lowest BCUT2D eigenvalue weighted by Crippen LogP contribution is -2.37. The molecule has 1 aromatic carbocycles. The first kappa shape index (κ1) is 15.8. The molecule has 0 aromatic heterocycles. The number of ether oxygens (including phenoxy) is 1. The summed E-state index contributed by atoms with van der Waals surface area (Å²) in [5.41, 5.74) is 0.611. The number of rotatable bonds is 7. The topological polar surface area (TPSA) is 39.5 Å². The lowest BCUT2D eigenvalue weighted by Gasteiger charge is -2.26. The van der Waals surface area contributed by atoms with E-state index in [0.29, 0.717) is 24.0 Å². The van der Waals surface area contributed by atoms with Crippen LogP contribution in [0.15, 0.2) is 24.3 Å². The van der Waals surface area contributed by atoms with Gasteiger partial charge >= 0.3 is 0 Å². The predicted octanol–water partition coefficient (Wildman–Crippen LogP) is 2.35. The molecule has 1 aliphatic rings. The van der Waals surface area contributed by atoms with Gasteiger partial charge in [0.1, 0.15) is 18.4 Å². The van der Waals surface area contributed by atoms with E-state index in [9.17, 15) is 0 Å². The SMILES string of the molecule is CCN(CC)C1CCN(CCOc2ccccc2C#N)C1. The zero-order chi connectivity index (χ0) is 15.1. The van der Waals surface area contributed by atoms with Gasteiger partial charge in [-0.25, -0.2) is 0 Å². The largest absolute Gasteiger partial charge is 0.491 e. The summed E-state index contributed by atoms with van der Waals surface area (Å²) in [7, 11) is 0. The van der Waals surface area contributed by atoms with Crippen LogP contribution in [0.2, 0.25) is 0 Å². The highest BCUT2D eigenvalue weighted by Gasteiger charge is 2.25. The van der Waals surface area contributed by atoms with Crippen molar-refractivity contribution in [3.05, 3.63) is 29.8 Å². The van der Waals surface area contributed by atoms with Crippen LogP contribution >= 0.6 is 0 Å². The normalized spacial score (nSPS) is 18.9. The maximum absolute atomic E-state index is 9.03. The summed E-state index contributed by atoms with van der Waals surface area (Å²) in [5.74, 6) is 0.694. The molecule has 1 aliphatic heterocycles. The van der Waals surface area contributed by atoms with Crippen molar-refractivity contribution in [3.8, 4) is 11.8 Å². The Morgan fingerprint density at radius 1 is 1.33 bits per heavy atom. The number of likely N-dealkylation sites (N-methyl/N-ethyl adjacent to an activating group) is 1. The number of hydrogen-bond acceptors (Lipinski definition) is 4. The third-order valence-electron chi connectivity index (χ3n) is 4.25. The molecule has 4 heteroatoms. The van der Waals surface area contributed by atoms with Gasteiger partial charge in [-0.3, -0.25) is 9.80 Å². The molecular weight excluding hydrogens is 262 g/mol. The van der Waals surface area contributed by atoms with Crippen molar-refractivity contribution >= 4 is 0 Å². The van der Waals surface area contributed by atoms with E-state index in [1.807, 2.05) is 18.2 Å². The van der Waals surface area contributed by atoms with Gasteiger partial charge in [0.15, 0.2) is 0 Å². The molecule has 2 rings (SSSR count). The molecule has 0 bridgehead atoms. The van der Waals surface area contributed by atoms with Gasteiger partial charge < -0.3 is 4.74 Å². The van der Waals surface area contributed by atoms with Crippen molar-refractivity contribution in [1.82, 2.24) is 9.80 Å². The number of likely N-dealkylation sites (tertiary alicyclic amines) is 1. The molecule has 0 amide bonds. The van der Waals surface area contributed by atoms with Crippen LogP contribution in [0.4, 0.5) is 0 Å². The van der Waals surface area contributed by atoms with Crippen LogP contribution in [0.3, 0.4) is 0 Å². The smallest absolute Gasteiger partial charge is 0.137 e. The number of benzene rings is 1. The fraction of sp³-hybridized carbons (Fsp3) is 0.588. The van der Waals surface area contributed by atoms with E-state index in [4.69, 9.17) is 10.00 Å². The maximum Gasteiger partial charge on any atom is 0.137 e. The highest BCUT2D eigenvalue weighted by Crippen LogP contribution is 2.18. The Kier molecular flexibility index (Phi) is 6.04. The molecule has 1 fully saturated rings. The van der Waals surface area contributed by atoms with Gasteiger partial charge in [0.25, 0.3) is 0 Å². The molecule has 114 valence electrons. The zero-order valence-electron chi connectivity index (χ0n) is 13.1. The first-order valence-electron chi connectivity index (χ1n) is 7.86. The third kappa shape index (κ3) is 4.20. The Labute approximate surface area is 127 Å². The molecule has 1 aromatic rings. The second kappa shape index (κ2) is 8.02. The summed E-state index contributed by atoms with van der Waals surface area (Å²) in [6.45, 7) is 10.6. The van der Waals surface area contributed by atoms with Crippen molar-refractivity contribution in [1.29, 1.82) is 5.26 Å². The molecule has 4 nitrogen and oxygen atoms in total. The van der Waals surface area contributed by atoms with E-state index in [2.05, 4.69) is 29.7 Å². The Balaban J connectivity index is 1.76. The van der Waals surface area contributed by atoms with E-state index in [1.54, 1.807) is 6.07 Å². The van der Waals surface area contributed by atoms with Gasteiger partial charge in [-0.15, -0.1) is 0 Å². The van der Waals surface area contributed by atoms with Gasteiger partial charge in [0.2, 0.25) is 0 Å². The molecule has 0 aliphatic carbocycles. The van der Waals surface area contributed by atoms with Crippen LogP contribution < -0.4 is 4.74 Å². The summed E-state index contributed by atoms with van der Waals surface area (Å²) in [4.78, 5) is 4.99. The standard InChI is InChI=1S/C17H25N3O/c1-3-20(4-2)16-9-10-19(14-16)11-12-21-17-8-6-5-7-15(17)13-18/h5-8,16H,3-4,9-12,14H2,1-2H3. The van der Waals surface area contributed by atoms with E-state index < -0.39 is 0 Å². The van der Waals surface area contributed by atoms with Crippen LogP contribution in [-0.2, 0) is 0 Å². The van der Waals surface area contributed by atoms with E-state index >= 15 is 0 Å². The summed E-state index contributed by atoms with van der Waals surface area (Å²) in [6.07, 6.45) is 1.25. The molecule has 1 saturated heterocycles. The van der Waals surface area contributed by atoms with E-state index in [1.165, 1.54) is 6.42 Å². The van der Waals surface area contributed by atoms with E-state index in [0.717, 1.165) is 32.7 Å². The number of nitrogens with zero attached hydrogens (tertiary/aromatic N) is 3. The molecule has 0 spiro atoms. The van der Waals surface area contributed by atoms with Crippen molar-refractivity contribution in [2.75, 3.05) is 39.3 Å². The van der Waals surface area contributed by atoms with Crippen molar-refractivity contribution in [3.63, 3.8) is 0 Å². The minimum atomic E-state index is 0.611. The third-order valence-corrected chi connectivity index (χ3v) is 4.25. The van der Waals surface area contributed by atoms with Crippen LogP contribution in [0.25, 0.3) is 0 Å². The first-order chi connectivity index (χ1) is 10.3. The average Bonchev–Trinajstić information content (AvgIpc) is 2.98. The highest BCUT2D eigenvalue weighted by atomic mass is 16.5. The first-order valence-corrected chi connectivity index (χ1v) is 7.86. The van der Waals surface area contributed by atoms with Crippen LogP contribution in [0.5, 0.6) is 5.75 Å². The van der Waals surface area contributed by atoms with Crippen LogP contribution in [-0.4, -0.2) is 55.2 Å². The number of nitriles is 1.